The number of carbonyl (C=O) groups excluding carboxylic acids is 1. The van der Waals surface area contributed by atoms with Crippen LogP contribution < -0.4 is 15.4 Å². The molecule has 0 radical (unpaired) electrons. The van der Waals surface area contributed by atoms with Crippen molar-refractivity contribution >= 4 is 16.9 Å². The topological polar surface area (TPSA) is 83.7 Å². The zero-order valence-electron chi connectivity index (χ0n) is 12.5. The Hall–Kier alpha value is -2.05. The number of amides is 1. The van der Waals surface area contributed by atoms with E-state index in [2.05, 4.69) is 10.6 Å². The quantitative estimate of drug-likeness (QED) is 0.756. The molecule has 2 heterocycles. The van der Waals surface area contributed by atoms with Crippen molar-refractivity contribution in [3.63, 3.8) is 0 Å². The van der Waals surface area contributed by atoms with E-state index in [4.69, 9.17) is 9.15 Å². The lowest BCUT2D eigenvalue weighted by molar-refractivity contribution is -0.120. The van der Waals surface area contributed by atoms with Gasteiger partial charge in [-0.25, -0.2) is 0 Å². The number of β-amino-alcohol motifs (C(OH)–C–C–N with tert-alkyl or cyclic N) is 1. The van der Waals surface area contributed by atoms with Gasteiger partial charge in [0, 0.05) is 42.6 Å². The van der Waals surface area contributed by atoms with Crippen LogP contribution in [0.5, 0.6) is 5.75 Å². The van der Waals surface area contributed by atoms with Gasteiger partial charge >= 0.3 is 0 Å². The lowest BCUT2D eigenvalue weighted by Crippen LogP contribution is -2.35. The molecular weight excluding hydrogens is 284 g/mol. The largest absolute Gasteiger partial charge is 0.497 e. The van der Waals surface area contributed by atoms with Crippen molar-refractivity contribution in [1.29, 1.82) is 0 Å². The Labute approximate surface area is 128 Å². The minimum absolute atomic E-state index is 0.0716. The number of methoxy groups -OCH3 is 1. The molecule has 1 fully saturated rings. The smallest absolute Gasteiger partial charge is 0.224 e. The van der Waals surface area contributed by atoms with Gasteiger partial charge in [0.1, 0.15) is 11.3 Å². The highest BCUT2D eigenvalue weighted by Crippen LogP contribution is 2.25. The molecule has 22 heavy (non-hydrogen) atoms. The Morgan fingerprint density at radius 2 is 2.36 bits per heavy atom. The van der Waals surface area contributed by atoms with Gasteiger partial charge in [0.05, 0.1) is 25.9 Å². The third-order valence-electron chi connectivity index (χ3n) is 4.08. The molecule has 1 aromatic heterocycles. The summed E-state index contributed by atoms with van der Waals surface area (Å²) in [6.45, 7) is 1.81. The van der Waals surface area contributed by atoms with Crippen LogP contribution in [0.1, 0.15) is 5.56 Å². The van der Waals surface area contributed by atoms with Crippen LogP contribution in [0.4, 0.5) is 0 Å². The molecule has 3 N–H and O–H groups in total. The van der Waals surface area contributed by atoms with E-state index in [1.807, 2.05) is 12.1 Å². The maximum absolute atomic E-state index is 12.1. The summed E-state index contributed by atoms with van der Waals surface area (Å²) in [5.74, 6) is 0.729. The summed E-state index contributed by atoms with van der Waals surface area (Å²) < 4.78 is 10.6. The normalized spacial score (nSPS) is 21.2. The monoisotopic (exact) mass is 304 g/mol. The van der Waals surface area contributed by atoms with Gasteiger partial charge in [-0.15, -0.1) is 0 Å². The molecule has 118 valence electrons. The molecule has 2 aromatic rings. The minimum atomic E-state index is -0.387. The standard InChI is InChI=1S/C16H20N2O4/c1-21-12-2-3-13-10(9-22-15(13)5-12)4-16(20)18-7-11-6-17-8-14(11)19/h2-3,5,9,11,14,17,19H,4,6-8H2,1H3,(H,18,20). The maximum atomic E-state index is 12.1. The Bertz CT molecular complexity index is 667. The van der Waals surface area contributed by atoms with Gasteiger partial charge in [0.2, 0.25) is 5.91 Å². The highest BCUT2D eigenvalue weighted by Gasteiger charge is 2.25. The zero-order chi connectivity index (χ0) is 15.5. The summed E-state index contributed by atoms with van der Waals surface area (Å²) in [6, 6.07) is 5.54. The van der Waals surface area contributed by atoms with Crippen LogP contribution in [-0.2, 0) is 11.2 Å². The molecule has 6 heteroatoms. The average molecular weight is 304 g/mol. The molecule has 1 amide bonds. The number of fused-ring (bicyclic) bond motifs is 1. The van der Waals surface area contributed by atoms with Crippen molar-refractivity contribution in [2.75, 3.05) is 26.7 Å². The van der Waals surface area contributed by atoms with Crippen LogP contribution in [0.2, 0.25) is 0 Å². The Kier molecular flexibility index (Phi) is 4.31. The van der Waals surface area contributed by atoms with Gasteiger partial charge in [0.15, 0.2) is 0 Å². The molecule has 1 aromatic carbocycles. The van der Waals surface area contributed by atoms with Crippen LogP contribution in [-0.4, -0.2) is 43.9 Å². The Balaban J connectivity index is 1.61. The number of benzene rings is 1. The maximum Gasteiger partial charge on any atom is 0.224 e. The van der Waals surface area contributed by atoms with Crippen molar-refractivity contribution in [2.45, 2.75) is 12.5 Å². The summed E-state index contributed by atoms with van der Waals surface area (Å²) in [7, 11) is 1.60. The number of aliphatic hydroxyl groups is 1. The fraction of sp³-hybridized carbons (Fsp3) is 0.438. The molecule has 6 nitrogen and oxygen atoms in total. The molecule has 3 rings (SSSR count). The molecule has 2 unspecified atom stereocenters. The number of aliphatic hydroxyl groups excluding tert-OH is 1. The van der Waals surface area contributed by atoms with Gasteiger partial charge in [-0.2, -0.15) is 0 Å². The van der Waals surface area contributed by atoms with Crippen LogP contribution in [0.15, 0.2) is 28.9 Å². The highest BCUT2D eigenvalue weighted by atomic mass is 16.5. The number of nitrogens with one attached hydrogen (secondary N) is 2. The predicted molar refractivity (Wildman–Crippen MR) is 81.8 cm³/mol. The first kappa shape index (κ1) is 14.9. The summed E-state index contributed by atoms with van der Waals surface area (Å²) in [6.07, 6.45) is 1.48. The van der Waals surface area contributed by atoms with Crippen molar-refractivity contribution in [3.05, 3.63) is 30.0 Å². The van der Waals surface area contributed by atoms with E-state index in [1.54, 1.807) is 19.4 Å². The molecule has 1 saturated heterocycles. The van der Waals surface area contributed by atoms with Crippen LogP contribution >= 0.6 is 0 Å². The first-order chi connectivity index (χ1) is 10.7. The molecule has 2 atom stereocenters. The first-order valence-electron chi connectivity index (χ1n) is 7.37. The summed E-state index contributed by atoms with van der Waals surface area (Å²) in [4.78, 5) is 12.1. The SMILES string of the molecule is COc1ccc2c(CC(=O)NCC3CNCC3O)coc2c1. The third kappa shape index (κ3) is 3.08. The van der Waals surface area contributed by atoms with Gasteiger partial charge in [-0.3, -0.25) is 4.79 Å². The molecular formula is C16H20N2O4. The summed E-state index contributed by atoms with van der Waals surface area (Å²) >= 11 is 0. The minimum Gasteiger partial charge on any atom is -0.497 e. The first-order valence-corrected chi connectivity index (χ1v) is 7.37. The fourth-order valence-corrected chi connectivity index (χ4v) is 2.74. The second-order valence-electron chi connectivity index (χ2n) is 5.59. The fourth-order valence-electron chi connectivity index (χ4n) is 2.74. The van der Waals surface area contributed by atoms with Crippen LogP contribution in [0, 0.1) is 5.92 Å². The second-order valence-corrected chi connectivity index (χ2v) is 5.59. The molecule has 0 bridgehead atoms. The summed E-state index contributed by atoms with van der Waals surface area (Å²) in [5.41, 5.74) is 1.55. The second kappa shape index (κ2) is 6.37. The van der Waals surface area contributed by atoms with E-state index in [0.717, 1.165) is 23.2 Å². The van der Waals surface area contributed by atoms with Crippen molar-refractivity contribution < 1.29 is 19.1 Å². The van der Waals surface area contributed by atoms with Gasteiger partial charge in [-0.05, 0) is 12.1 Å². The van der Waals surface area contributed by atoms with E-state index in [0.29, 0.717) is 18.7 Å². The number of ether oxygens (including phenoxy) is 1. The molecule has 0 spiro atoms. The number of hydrogen-bond acceptors (Lipinski definition) is 5. The Morgan fingerprint density at radius 1 is 1.50 bits per heavy atom. The number of carbonyl (C=O) groups is 1. The van der Waals surface area contributed by atoms with Crippen LogP contribution in [0.3, 0.4) is 0 Å². The van der Waals surface area contributed by atoms with Gasteiger partial charge in [-0.1, -0.05) is 0 Å². The number of hydrogen-bond donors (Lipinski definition) is 3. The summed E-state index contributed by atoms with van der Waals surface area (Å²) in [5, 5.41) is 16.6. The lowest BCUT2D eigenvalue weighted by atomic mass is 10.1. The van der Waals surface area contributed by atoms with E-state index < -0.39 is 0 Å². The molecule has 0 saturated carbocycles. The molecule has 1 aliphatic rings. The third-order valence-corrected chi connectivity index (χ3v) is 4.08. The Morgan fingerprint density at radius 3 is 3.09 bits per heavy atom. The average Bonchev–Trinajstić information content (AvgIpc) is 3.11. The lowest BCUT2D eigenvalue weighted by Gasteiger charge is -2.13. The van der Waals surface area contributed by atoms with Gasteiger partial charge < -0.3 is 24.9 Å². The number of furan rings is 1. The van der Waals surface area contributed by atoms with E-state index in [-0.39, 0.29) is 24.3 Å². The zero-order valence-corrected chi connectivity index (χ0v) is 12.5. The predicted octanol–water partition coefficient (Wildman–Crippen LogP) is 0.680. The van der Waals surface area contributed by atoms with E-state index >= 15 is 0 Å². The van der Waals surface area contributed by atoms with E-state index in [9.17, 15) is 9.90 Å². The van der Waals surface area contributed by atoms with Crippen molar-refractivity contribution in [2.24, 2.45) is 5.92 Å². The van der Waals surface area contributed by atoms with Crippen molar-refractivity contribution in [1.82, 2.24) is 10.6 Å². The van der Waals surface area contributed by atoms with Gasteiger partial charge in [0.25, 0.3) is 0 Å². The van der Waals surface area contributed by atoms with E-state index in [1.165, 1.54) is 0 Å². The number of rotatable bonds is 5. The molecule has 1 aliphatic heterocycles. The van der Waals surface area contributed by atoms with Crippen LogP contribution in [0.25, 0.3) is 11.0 Å². The van der Waals surface area contributed by atoms with Crippen molar-refractivity contribution in [3.8, 4) is 5.75 Å². The highest BCUT2D eigenvalue weighted by molar-refractivity contribution is 5.88. The molecule has 0 aliphatic carbocycles.